The number of rotatable bonds is 8. The normalized spacial score (nSPS) is 12.4. The van der Waals surface area contributed by atoms with Crippen LogP contribution in [0.1, 0.15) is 17.3 Å². The zero-order chi connectivity index (χ0) is 26.7. The van der Waals surface area contributed by atoms with Crippen LogP contribution in [0.25, 0.3) is 0 Å². The summed E-state index contributed by atoms with van der Waals surface area (Å²) in [7, 11) is -8.55. The van der Waals surface area contributed by atoms with Gasteiger partial charge in [-0.2, -0.15) is 0 Å². The van der Waals surface area contributed by atoms with Crippen molar-refractivity contribution in [2.75, 3.05) is 10.0 Å². The fraction of sp³-hybridized carbons (Fsp3) is 0.0909. The van der Waals surface area contributed by atoms with Gasteiger partial charge in [0.1, 0.15) is 16.5 Å². The van der Waals surface area contributed by atoms with Gasteiger partial charge in [-0.05, 0) is 61.5 Å². The summed E-state index contributed by atoms with van der Waals surface area (Å²) in [6.45, 7) is 1.25. The monoisotopic (exact) mass is 539 g/mol. The molecule has 0 saturated carbocycles. The number of carbonyl (C=O) groups excluding carboxylic acids is 2. The van der Waals surface area contributed by atoms with Gasteiger partial charge in [0.15, 0.2) is 6.10 Å². The second-order valence-electron chi connectivity index (χ2n) is 7.33. The molecule has 4 N–H and O–H groups in total. The van der Waals surface area contributed by atoms with E-state index < -0.39 is 54.6 Å². The molecule has 3 rings (SSSR count). The Morgan fingerprint density at radius 3 is 2.22 bits per heavy atom. The summed E-state index contributed by atoms with van der Waals surface area (Å²) < 4.78 is 82.4. The highest BCUT2D eigenvalue weighted by atomic mass is 32.2. The molecule has 0 aliphatic rings. The second-order valence-corrected chi connectivity index (χ2v) is 10.5. The molecule has 0 radical (unpaired) electrons. The Balaban J connectivity index is 1.74. The molecule has 0 fully saturated rings. The molecule has 1 atom stereocenters. The van der Waals surface area contributed by atoms with Gasteiger partial charge in [-0.25, -0.2) is 35.5 Å². The summed E-state index contributed by atoms with van der Waals surface area (Å²) in [5.41, 5.74) is -0.395. The van der Waals surface area contributed by atoms with Crippen molar-refractivity contribution in [3.63, 3.8) is 0 Å². The first kappa shape index (κ1) is 26.7. The van der Waals surface area contributed by atoms with E-state index in [2.05, 4.69) is 5.32 Å². The molecule has 0 aliphatic heterocycles. The standard InChI is InChI=1S/C22H19F2N3O7S2/c1-13(21(28)26-15-7-9-16(10-8-15)35(25,30)31)34-22(29)17-4-2-3-5-19(17)27-36(32,33)20-12-14(23)6-11-18(20)24/h2-13,27H,1H3,(H,26,28)(H2,25,30,31)/t13-/m0/s1. The van der Waals surface area contributed by atoms with Gasteiger partial charge in [0.25, 0.3) is 15.9 Å². The fourth-order valence-electron chi connectivity index (χ4n) is 2.88. The topological polar surface area (TPSA) is 162 Å². The van der Waals surface area contributed by atoms with Gasteiger partial charge in [-0.15, -0.1) is 0 Å². The van der Waals surface area contributed by atoms with Crippen molar-refractivity contribution in [2.45, 2.75) is 22.8 Å². The number of hydrogen-bond acceptors (Lipinski definition) is 7. The minimum atomic E-state index is -4.63. The van der Waals surface area contributed by atoms with Crippen LogP contribution in [0.4, 0.5) is 20.2 Å². The Morgan fingerprint density at radius 1 is 0.944 bits per heavy atom. The Bertz CT molecular complexity index is 1530. The molecule has 0 aliphatic carbocycles. The van der Waals surface area contributed by atoms with Crippen molar-refractivity contribution in [1.82, 2.24) is 0 Å². The van der Waals surface area contributed by atoms with Gasteiger partial charge in [0.05, 0.1) is 16.1 Å². The van der Waals surface area contributed by atoms with Crippen molar-refractivity contribution in [1.29, 1.82) is 0 Å². The maximum atomic E-state index is 14.0. The SMILES string of the molecule is C[C@H](OC(=O)c1ccccc1NS(=O)(=O)c1cc(F)ccc1F)C(=O)Nc1ccc(S(N)(=O)=O)cc1. The van der Waals surface area contributed by atoms with Crippen molar-refractivity contribution >= 4 is 43.3 Å². The molecule has 0 aromatic heterocycles. The van der Waals surface area contributed by atoms with Crippen LogP contribution >= 0.6 is 0 Å². The van der Waals surface area contributed by atoms with Crippen molar-refractivity contribution in [3.05, 3.63) is 83.9 Å². The molecule has 0 saturated heterocycles. The van der Waals surface area contributed by atoms with E-state index in [0.29, 0.717) is 12.1 Å². The van der Waals surface area contributed by atoms with Crippen LogP contribution < -0.4 is 15.2 Å². The van der Waals surface area contributed by atoms with E-state index in [1.165, 1.54) is 55.5 Å². The number of nitrogens with one attached hydrogen (secondary N) is 2. The lowest BCUT2D eigenvalue weighted by Crippen LogP contribution is -2.30. The van der Waals surface area contributed by atoms with Gasteiger partial charge in [0.2, 0.25) is 10.0 Å². The molecule has 1 amide bonds. The first-order chi connectivity index (χ1) is 16.8. The Morgan fingerprint density at radius 2 is 1.58 bits per heavy atom. The molecule has 36 heavy (non-hydrogen) atoms. The summed E-state index contributed by atoms with van der Waals surface area (Å²) in [6, 6.07) is 12.0. The minimum absolute atomic E-state index is 0.169. The molecule has 0 spiro atoms. The van der Waals surface area contributed by atoms with Crippen molar-refractivity contribution < 1.29 is 39.9 Å². The number of carbonyl (C=O) groups is 2. The van der Waals surface area contributed by atoms with E-state index >= 15 is 0 Å². The number of halogens is 2. The van der Waals surface area contributed by atoms with Crippen molar-refractivity contribution in [3.8, 4) is 0 Å². The van der Waals surface area contributed by atoms with Gasteiger partial charge < -0.3 is 10.1 Å². The molecule has 10 nitrogen and oxygen atoms in total. The van der Waals surface area contributed by atoms with E-state index in [4.69, 9.17) is 9.88 Å². The molecule has 0 heterocycles. The molecule has 3 aromatic carbocycles. The fourth-order valence-corrected chi connectivity index (χ4v) is 4.57. The quantitative estimate of drug-likeness (QED) is 0.371. The number of benzene rings is 3. The van der Waals surface area contributed by atoms with E-state index in [1.54, 1.807) is 0 Å². The third kappa shape index (κ3) is 6.41. The minimum Gasteiger partial charge on any atom is -0.449 e. The maximum Gasteiger partial charge on any atom is 0.341 e. The smallest absolute Gasteiger partial charge is 0.341 e. The lowest BCUT2D eigenvalue weighted by atomic mass is 10.2. The number of ether oxygens (including phenoxy) is 1. The lowest BCUT2D eigenvalue weighted by molar-refractivity contribution is -0.123. The number of para-hydroxylation sites is 1. The number of amides is 1. The number of primary sulfonamides is 1. The maximum absolute atomic E-state index is 14.0. The van der Waals surface area contributed by atoms with Crippen LogP contribution in [0.2, 0.25) is 0 Å². The van der Waals surface area contributed by atoms with Crippen molar-refractivity contribution in [2.24, 2.45) is 5.14 Å². The zero-order valence-corrected chi connectivity index (χ0v) is 20.1. The number of nitrogens with two attached hydrogens (primary N) is 1. The van der Waals surface area contributed by atoms with Gasteiger partial charge in [-0.3, -0.25) is 9.52 Å². The zero-order valence-electron chi connectivity index (χ0n) is 18.4. The molecule has 0 unspecified atom stereocenters. The highest BCUT2D eigenvalue weighted by Gasteiger charge is 2.25. The summed E-state index contributed by atoms with van der Waals surface area (Å²) >= 11 is 0. The van der Waals surface area contributed by atoms with Gasteiger partial charge in [0, 0.05) is 5.69 Å². The number of hydrogen-bond donors (Lipinski definition) is 3. The number of esters is 1. The lowest BCUT2D eigenvalue weighted by Gasteiger charge is -2.16. The largest absolute Gasteiger partial charge is 0.449 e. The van der Waals surface area contributed by atoms with Crippen LogP contribution in [0.15, 0.2) is 76.5 Å². The van der Waals surface area contributed by atoms with Crippen LogP contribution in [-0.2, 0) is 29.6 Å². The molecule has 14 heteroatoms. The highest BCUT2D eigenvalue weighted by Crippen LogP contribution is 2.24. The van der Waals surface area contributed by atoms with Crippen LogP contribution in [0, 0.1) is 11.6 Å². The van der Waals surface area contributed by atoms with Crippen LogP contribution in [0.5, 0.6) is 0 Å². The van der Waals surface area contributed by atoms with Crippen LogP contribution in [-0.4, -0.2) is 34.8 Å². The van der Waals surface area contributed by atoms with E-state index in [0.717, 1.165) is 6.07 Å². The third-order valence-corrected chi connectivity index (χ3v) is 6.99. The molecular formula is C22H19F2N3O7S2. The number of sulfonamides is 2. The third-order valence-electron chi connectivity index (χ3n) is 4.68. The summed E-state index contributed by atoms with van der Waals surface area (Å²) in [5, 5.41) is 7.44. The summed E-state index contributed by atoms with van der Waals surface area (Å²) in [6.07, 6.45) is -1.36. The Hall–Kier alpha value is -3.88. The van der Waals surface area contributed by atoms with Gasteiger partial charge >= 0.3 is 5.97 Å². The molecule has 0 bridgehead atoms. The molecule has 190 valence electrons. The second kappa shape index (κ2) is 10.4. The van der Waals surface area contributed by atoms with Gasteiger partial charge in [-0.1, -0.05) is 12.1 Å². The first-order valence-corrected chi connectivity index (χ1v) is 13.0. The number of anilines is 2. The predicted molar refractivity (Wildman–Crippen MR) is 125 cm³/mol. The average molecular weight is 540 g/mol. The highest BCUT2D eigenvalue weighted by molar-refractivity contribution is 7.92. The van der Waals surface area contributed by atoms with E-state index in [1.807, 2.05) is 4.72 Å². The average Bonchev–Trinajstić information content (AvgIpc) is 2.80. The first-order valence-electron chi connectivity index (χ1n) is 9.99. The Labute approximate surface area is 205 Å². The molecular weight excluding hydrogens is 520 g/mol. The van der Waals surface area contributed by atoms with E-state index in [9.17, 15) is 35.2 Å². The summed E-state index contributed by atoms with van der Waals surface area (Å²) in [4.78, 5) is 24.0. The predicted octanol–water partition coefficient (Wildman–Crippen LogP) is 2.60. The summed E-state index contributed by atoms with van der Waals surface area (Å²) in [5.74, 6) is -4.04. The van der Waals surface area contributed by atoms with E-state index in [-0.39, 0.29) is 21.8 Å². The van der Waals surface area contributed by atoms with Crippen LogP contribution in [0.3, 0.4) is 0 Å². The Kier molecular flexibility index (Phi) is 7.71. The molecule has 3 aromatic rings.